The molecule has 0 radical (unpaired) electrons. The fourth-order valence-corrected chi connectivity index (χ4v) is 1.94. The van der Waals surface area contributed by atoms with Gasteiger partial charge in [-0.25, -0.2) is 0 Å². The van der Waals surface area contributed by atoms with E-state index in [9.17, 15) is 4.79 Å². The average molecular weight is 269 g/mol. The number of amides is 1. The van der Waals surface area contributed by atoms with Crippen LogP contribution in [0.25, 0.3) is 0 Å². The Morgan fingerprint density at radius 2 is 1.95 bits per heavy atom. The number of carbonyl (C=O) groups is 1. The van der Waals surface area contributed by atoms with Gasteiger partial charge in [-0.1, -0.05) is 6.07 Å². The lowest BCUT2D eigenvalue weighted by Gasteiger charge is -2.18. The van der Waals surface area contributed by atoms with E-state index in [1.807, 2.05) is 38.1 Å². The van der Waals surface area contributed by atoms with Gasteiger partial charge in [0.05, 0.1) is 0 Å². The summed E-state index contributed by atoms with van der Waals surface area (Å²) in [5.74, 6) is -0.136. The molecule has 0 aliphatic heterocycles. The second-order valence-electron chi connectivity index (χ2n) is 4.89. The third-order valence-corrected chi connectivity index (χ3v) is 3.46. The van der Waals surface area contributed by atoms with Crippen LogP contribution in [0.2, 0.25) is 0 Å². The highest BCUT2D eigenvalue weighted by molar-refractivity contribution is 6.04. The summed E-state index contributed by atoms with van der Waals surface area (Å²) in [6, 6.07) is 9.50. The van der Waals surface area contributed by atoms with Crippen LogP contribution >= 0.6 is 0 Å². The van der Waals surface area contributed by atoms with E-state index in [2.05, 4.69) is 4.98 Å². The molecule has 0 bridgehead atoms. The lowest BCUT2D eigenvalue weighted by Crippen LogP contribution is -2.27. The number of aromatic nitrogens is 1. The smallest absolute Gasteiger partial charge is 0.276 e. The molecule has 2 rings (SSSR count). The number of benzene rings is 1. The van der Waals surface area contributed by atoms with E-state index < -0.39 is 0 Å². The maximum absolute atomic E-state index is 12.4. The first-order valence-corrected chi connectivity index (χ1v) is 6.53. The molecule has 2 aromatic rings. The molecule has 0 fully saturated rings. The monoisotopic (exact) mass is 269 g/mol. The van der Waals surface area contributed by atoms with Gasteiger partial charge < -0.3 is 10.6 Å². The van der Waals surface area contributed by atoms with Crippen LogP contribution in [-0.4, -0.2) is 17.9 Å². The molecule has 1 heterocycles. The van der Waals surface area contributed by atoms with E-state index in [1.54, 1.807) is 24.2 Å². The summed E-state index contributed by atoms with van der Waals surface area (Å²) >= 11 is 0. The van der Waals surface area contributed by atoms with E-state index in [0.717, 1.165) is 16.8 Å². The van der Waals surface area contributed by atoms with Crippen LogP contribution in [0.3, 0.4) is 0 Å². The van der Waals surface area contributed by atoms with E-state index >= 15 is 0 Å². The van der Waals surface area contributed by atoms with Crippen molar-refractivity contribution in [3.63, 3.8) is 0 Å². The van der Waals surface area contributed by atoms with Gasteiger partial charge in [-0.3, -0.25) is 9.78 Å². The normalized spacial score (nSPS) is 10.4. The summed E-state index contributed by atoms with van der Waals surface area (Å²) in [6.45, 7) is 4.48. The predicted octanol–water partition coefficient (Wildman–Crippen LogP) is 2.43. The summed E-state index contributed by atoms with van der Waals surface area (Å²) in [4.78, 5) is 18.2. The maximum atomic E-state index is 12.4. The Balaban J connectivity index is 2.29. The number of hydrogen-bond acceptors (Lipinski definition) is 3. The number of carbonyl (C=O) groups excluding carboxylic acids is 1. The predicted molar refractivity (Wildman–Crippen MR) is 80.8 cm³/mol. The number of pyridine rings is 1. The van der Waals surface area contributed by atoms with Gasteiger partial charge in [-0.15, -0.1) is 0 Å². The molecule has 4 nitrogen and oxygen atoms in total. The van der Waals surface area contributed by atoms with Crippen LogP contribution in [0.4, 0.5) is 5.69 Å². The molecule has 0 atom stereocenters. The van der Waals surface area contributed by atoms with Gasteiger partial charge in [0.15, 0.2) is 0 Å². The van der Waals surface area contributed by atoms with E-state index in [4.69, 9.17) is 5.73 Å². The van der Waals surface area contributed by atoms with Gasteiger partial charge in [0.25, 0.3) is 5.91 Å². The van der Waals surface area contributed by atoms with Crippen molar-refractivity contribution in [2.24, 2.45) is 5.73 Å². The number of rotatable bonds is 3. The first-order valence-electron chi connectivity index (χ1n) is 6.53. The summed E-state index contributed by atoms with van der Waals surface area (Å²) in [5, 5.41) is 0. The molecule has 0 aliphatic rings. The molecular formula is C16H19N3O. The Bertz CT molecular complexity index is 637. The van der Waals surface area contributed by atoms with Crippen molar-refractivity contribution in [2.45, 2.75) is 20.4 Å². The van der Waals surface area contributed by atoms with Crippen molar-refractivity contribution >= 4 is 11.6 Å². The Hall–Kier alpha value is -2.20. The summed E-state index contributed by atoms with van der Waals surface area (Å²) in [6.07, 6.45) is 1.61. The van der Waals surface area contributed by atoms with Crippen molar-refractivity contribution in [3.8, 4) is 0 Å². The van der Waals surface area contributed by atoms with Crippen molar-refractivity contribution in [2.75, 3.05) is 11.9 Å². The summed E-state index contributed by atoms with van der Waals surface area (Å²) < 4.78 is 0. The fraction of sp³-hybridized carbons (Fsp3) is 0.250. The van der Waals surface area contributed by atoms with Gasteiger partial charge >= 0.3 is 0 Å². The van der Waals surface area contributed by atoms with Crippen LogP contribution in [0.15, 0.2) is 36.5 Å². The molecule has 4 heteroatoms. The molecule has 0 saturated heterocycles. The van der Waals surface area contributed by atoms with Crippen LogP contribution < -0.4 is 10.6 Å². The zero-order valence-electron chi connectivity index (χ0n) is 12.1. The topological polar surface area (TPSA) is 59.2 Å². The maximum Gasteiger partial charge on any atom is 0.276 e. The second kappa shape index (κ2) is 5.84. The molecular weight excluding hydrogens is 250 g/mol. The average Bonchev–Trinajstić information content (AvgIpc) is 2.48. The number of hydrogen-bond donors (Lipinski definition) is 1. The zero-order chi connectivity index (χ0) is 14.7. The largest absolute Gasteiger partial charge is 0.326 e. The van der Waals surface area contributed by atoms with Gasteiger partial charge in [0, 0.05) is 25.5 Å². The van der Waals surface area contributed by atoms with Gasteiger partial charge in [-0.2, -0.15) is 0 Å². The third kappa shape index (κ3) is 2.86. The summed E-state index contributed by atoms with van der Waals surface area (Å²) in [7, 11) is 1.75. The number of anilines is 1. The molecule has 20 heavy (non-hydrogen) atoms. The van der Waals surface area contributed by atoms with Crippen molar-refractivity contribution in [1.82, 2.24) is 4.98 Å². The Kier molecular flexibility index (Phi) is 4.15. The zero-order valence-corrected chi connectivity index (χ0v) is 12.1. The molecule has 2 N–H and O–H groups in total. The minimum absolute atomic E-state index is 0.136. The Morgan fingerprint density at radius 3 is 2.60 bits per heavy atom. The highest BCUT2D eigenvalue weighted by Crippen LogP contribution is 2.19. The van der Waals surface area contributed by atoms with Gasteiger partial charge in [0.2, 0.25) is 0 Å². The highest BCUT2D eigenvalue weighted by atomic mass is 16.2. The third-order valence-electron chi connectivity index (χ3n) is 3.46. The molecule has 0 spiro atoms. The van der Waals surface area contributed by atoms with Crippen LogP contribution in [0.1, 0.15) is 27.2 Å². The first-order chi connectivity index (χ1) is 9.52. The van der Waals surface area contributed by atoms with Crippen LogP contribution in [-0.2, 0) is 6.54 Å². The quantitative estimate of drug-likeness (QED) is 0.931. The lowest BCUT2D eigenvalue weighted by molar-refractivity contribution is 0.0988. The highest BCUT2D eigenvalue weighted by Gasteiger charge is 2.15. The molecule has 0 aliphatic carbocycles. The fourth-order valence-electron chi connectivity index (χ4n) is 1.94. The minimum atomic E-state index is -0.136. The number of aryl methyl sites for hydroxylation is 2. The SMILES string of the molecule is Cc1ccc(N(C)C(=O)c2cc(CN)ccn2)cc1C. The van der Waals surface area contributed by atoms with Gasteiger partial charge in [0.1, 0.15) is 5.69 Å². The molecule has 0 unspecified atom stereocenters. The van der Waals surface area contributed by atoms with Crippen molar-refractivity contribution in [3.05, 3.63) is 58.9 Å². The van der Waals surface area contributed by atoms with E-state index in [1.165, 1.54) is 5.56 Å². The van der Waals surface area contributed by atoms with E-state index in [0.29, 0.717) is 12.2 Å². The van der Waals surface area contributed by atoms with Gasteiger partial charge in [-0.05, 0) is 54.8 Å². The molecule has 1 aromatic heterocycles. The molecule has 1 amide bonds. The van der Waals surface area contributed by atoms with Crippen LogP contribution in [0, 0.1) is 13.8 Å². The van der Waals surface area contributed by atoms with E-state index in [-0.39, 0.29) is 5.91 Å². The number of nitrogens with zero attached hydrogens (tertiary/aromatic N) is 2. The van der Waals surface area contributed by atoms with Crippen molar-refractivity contribution in [1.29, 1.82) is 0 Å². The number of nitrogens with two attached hydrogens (primary N) is 1. The minimum Gasteiger partial charge on any atom is -0.326 e. The lowest BCUT2D eigenvalue weighted by atomic mass is 10.1. The van der Waals surface area contributed by atoms with Crippen LogP contribution in [0.5, 0.6) is 0 Å². The summed E-state index contributed by atoms with van der Waals surface area (Å²) in [5.41, 5.74) is 10.1. The molecule has 1 aromatic carbocycles. The Labute approximate surface area is 119 Å². The molecule has 0 saturated carbocycles. The standard InChI is InChI=1S/C16H19N3O/c1-11-4-5-14(8-12(11)2)19(3)16(20)15-9-13(10-17)6-7-18-15/h4-9H,10,17H2,1-3H3. The second-order valence-corrected chi connectivity index (χ2v) is 4.89. The Morgan fingerprint density at radius 1 is 1.20 bits per heavy atom. The van der Waals surface area contributed by atoms with Crippen molar-refractivity contribution < 1.29 is 4.79 Å². The first kappa shape index (κ1) is 14.2. The molecule has 104 valence electrons.